The molecule has 3 saturated carbocycles. The van der Waals surface area contributed by atoms with Gasteiger partial charge in [-0.25, -0.2) is 4.79 Å². The molecule has 11 heteroatoms. The van der Waals surface area contributed by atoms with Crippen molar-refractivity contribution < 1.29 is 43.6 Å². The molecular weight excluding hydrogens is 580 g/mol. The van der Waals surface area contributed by atoms with Gasteiger partial charge in [-0.05, 0) is 71.6 Å². The number of piperazine rings is 1. The first-order valence-corrected chi connectivity index (χ1v) is 16.4. The molecule has 0 spiro atoms. The molecule has 1 aliphatic heterocycles. The van der Waals surface area contributed by atoms with Crippen LogP contribution < -0.4 is 0 Å². The second-order valence-corrected chi connectivity index (χ2v) is 15.4. The van der Waals surface area contributed by atoms with Crippen LogP contribution in [-0.4, -0.2) is 106 Å². The van der Waals surface area contributed by atoms with Gasteiger partial charge in [-0.15, -0.1) is 6.58 Å². The van der Waals surface area contributed by atoms with Crippen LogP contribution in [0.2, 0.25) is 0 Å². The summed E-state index contributed by atoms with van der Waals surface area (Å²) in [7, 11) is 0. The Morgan fingerprint density at radius 3 is 2.36 bits per heavy atom. The largest absolute Gasteiger partial charge is 0.465 e. The summed E-state index contributed by atoms with van der Waals surface area (Å²) in [5, 5.41) is 23.6. The van der Waals surface area contributed by atoms with Crippen molar-refractivity contribution in [1.29, 1.82) is 0 Å². The summed E-state index contributed by atoms with van der Waals surface area (Å²) in [5.74, 6) is -1.96. The van der Waals surface area contributed by atoms with Crippen LogP contribution in [0.5, 0.6) is 0 Å². The molecule has 254 valence electrons. The minimum Gasteiger partial charge on any atom is -0.465 e. The van der Waals surface area contributed by atoms with Crippen molar-refractivity contribution in [3.05, 3.63) is 12.7 Å². The highest BCUT2D eigenvalue weighted by molar-refractivity contribution is 5.86. The number of esters is 2. The van der Waals surface area contributed by atoms with Gasteiger partial charge in [0.25, 0.3) is 0 Å². The van der Waals surface area contributed by atoms with E-state index in [-0.39, 0.29) is 50.9 Å². The van der Waals surface area contributed by atoms with Gasteiger partial charge in [0, 0.05) is 36.3 Å². The van der Waals surface area contributed by atoms with E-state index < -0.39 is 69.6 Å². The van der Waals surface area contributed by atoms with E-state index in [2.05, 4.69) is 6.58 Å². The maximum absolute atomic E-state index is 13.8. The molecule has 1 amide bonds. The normalized spacial score (nSPS) is 40.5. The van der Waals surface area contributed by atoms with Crippen LogP contribution in [0, 0.1) is 28.1 Å². The number of rotatable bonds is 6. The fraction of sp³-hybridized carbons (Fsp3) is 0.824. The Kier molecular flexibility index (Phi) is 9.64. The summed E-state index contributed by atoms with van der Waals surface area (Å²) in [6, 6.07) is -0.903. The van der Waals surface area contributed by atoms with Gasteiger partial charge in [-0.2, -0.15) is 0 Å². The van der Waals surface area contributed by atoms with Gasteiger partial charge in [0.2, 0.25) is 0 Å². The molecule has 9 atom stereocenters. The average molecular weight is 635 g/mol. The van der Waals surface area contributed by atoms with E-state index in [1.165, 1.54) is 4.90 Å². The van der Waals surface area contributed by atoms with Crippen molar-refractivity contribution in [1.82, 2.24) is 9.80 Å². The zero-order valence-electron chi connectivity index (χ0n) is 28.4. The molecule has 2 N–H and O–H groups in total. The number of nitrogens with zero attached hydrogens (tertiary/aromatic N) is 2. The number of carbonyl (C=O) groups excluding carboxylic acids is 4. The molecule has 0 aromatic heterocycles. The second-order valence-electron chi connectivity index (χ2n) is 15.4. The molecule has 4 rings (SSSR count). The van der Waals surface area contributed by atoms with E-state index in [4.69, 9.17) is 14.2 Å². The minimum atomic E-state index is -1.21. The van der Waals surface area contributed by atoms with Crippen LogP contribution in [0.25, 0.3) is 0 Å². The maximum Gasteiger partial charge on any atom is 0.410 e. The predicted octanol–water partition coefficient (Wildman–Crippen LogP) is 3.49. The molecular formula is C34H54N2O9. The van der Waals surface area contributed by atoms with Gasteiger partial charge in [-0.1, -0.05) is 26.8 Å². The van der Waals surface area contributed by atoms with Gasteiger partial charge in [0.15, 0.2) is 0 Å². The topological polar surface area (TPSA) is 143 Å². The Balaban J connectivity index is 1.61. The Morgan fingerprint density at radius 2 is 1.76 bits per heavy atom. The van der Waals surface area contributed by atoms with E-state index in [9.17, 15) is 29.4 Å². The fourth-order valence-corrected chi connectivity index (χ4v) is 8.89. The van der Waals surface area contributed by atoms with Gasteiger partial charge >= 0.3 is 18.0 Å². The zero-order valence-corrected chi connectivity index (χ0v) is 28.4. The highest BCUT2D eigenvalue weighted by Crippen LogP contribution is 2.69. The lowest BCUT2D eigenvalue weighted by molar-refractivity contribution is -0.253. The number of aliphatic hydroxyl groups excluding tert-OH is 2. The van der Waals surface area contributed by atoms with Gasteiger partial charge in [0.1, 0.15) is 23.0 Å². The Hall–Kier alpha value is -2.50. The molecule has 1 heterocycles. The molecule has 0 aromatic rings. The number of ether oxygens (including phenoxy) is 3. The zero-order chi connectivity index (χ0) is 33.8. The standard InChI is InChI=1S/C34H54N2O9/c1-10-31(7)18-24(38)33(9)26-23(37)12-13-34(26,21(3)27(31)40)15-14-32(33,8)44-25(39)20-35-16-17-36(29(42)45-30(4,5)6)19-22(35)28(41)43-11-2/h10,21-22,24,26-27,38,40H,1,11-20H2,2-9H3. The van der Waals surface area contributed by atoms with E-state index in [1.54, 1.807) is 45.6 Å². The van der Waals surface area contributed by atoms with Crippen LogP contribution in [0.4, 0.5) is 4.79 Å². The lowest BCUT2D eigenvalue weighted by Crippen LogP contribution is -2.69. The number of aliphatic hydroxyl groups is 2. The predicted molar refractivity (Wildman–Crippen MR) is 166 cm³/mol. The number of hydrogen-bond acceptors (Lipinski definition) is 10. The molecule has 11 nitrogen and oxygen atoms in total. The smallest absolute Gasteiger partial charge is 0.410 e. The first kappa shape index (κ1) is 35.4. The van der Waals surface area contributed by atoms with Crippen molar-refractivity contribution in [3.63, 3.8) is 0 Å². The molecule has 4 fully saturated rings. The number of Topliss-reactive ketones (excluding diaryl/α,β-unsaturated/α-hetero) is 1. The number of hydrogen-bond donors (Lipinski definition) is 2. The third-order valence-corrected chi connectivity index (χ3v) is 11.8. The summed E-state index contributed by atoms with van der Waals surface area (Å²) < 4.78 is 17.1. The van der Waals surface area contributed by atoms with Gasteiger partial charge < -0.3 is 29.3 Å². The van der Waals surface area contributed by atoms with Crippen LogP contribution in [0.3, 0.4) is 0 Å². The SMILES string of the molecule is C=CC1(C)CC(O)C2(C)C3C(=O)CCC3(CCC2(C)OC(=O)CN2CCN(C(=O)OC(C)(C)C)CC2C(=O)OCC)C(C)C1O. The van der Waals surface area contributed by atoms with E-state index >= 15 is 0 Å². The monoisotopic (exact) mass is 634 g/mol. The molecule has 0 radical (unpaired) electrons. The molecule has 3 aliphatic carbocycles. The van der Waals surface area contributed by atoms with Crippen molar-refractivity contribution in [3.8, 4) is 0 Å². The second kappa shape index (κ2) is 12.3. The number of carbonyl (C=O) groups is 4. The van der Waals surface area contributed by atoms with Crippen molar-refractivity contribution in [2.45, 2.75) is 117 Å². The summed E-state index contributed by atoms with van der Waals surface area (Å²) >= 11 is 0. The van der Waals surface area contributed by atoms with Crippen molar-refractivity contribution >= 4 is 23.8 Å². The third kappa shape index (κ3) is 6.04. The van der Waals surface area contributed by atoms with E-state index in [0.717, 1.165) is 0 Å². The lowest BCUT2D eigenvalue weighted by Gasteiger charge is -2.64. The quantitative estimate of drug-likeness (QED) is 0.253. The molecule has 2 bridgehead atoms. The van der Waals surface area contributed by atoms with Gasteiger partial charge in [0.05, 0.1) is 31.9 Å². The Morgan fingerprint density at radius 1 is 1.09 bits per heavy atom. The minimum absolute atomic E-state index is 0.00578. The van der Waals surface area contributed by atoms with Crippen LogP contribution in [0.15, 0.2) is 12.7 Å². The molecule has 0 aromatic carbocycles. The fourth-order valence-electron chi connectivity index (χ4n) is 8.89. The number of amides is 1. The average Bonchev–Trinajstić information content (AvgIpc) is 3.30. The van der Waals surface area contributed by atoms with Crippen molar-refractivity contribution in [2.75, 3.05) is 32.8 Å². The lowest BCUT2D eigenvalue weighted by atomic mass is 9.42. The summed E-state index contributed by atoms with van der Waals surface area (Å²) in [4.78, 5) is 56.4. The van der Waals surface area contributed by atoms with Crippen LogP contribution in [0.1, 0.15) is 87.5 Å². The Labute approximate surface area is 267 Å². The highest BCUT2D eigenvalue weighted by Gasteiger charge is 2.72. The Bertz CT molecular complexity index is 1200. The van der Waals surface area contributed by atoms with Crippen molar-refractivity contribution in [2.24, 2.45) is 28.1 Å². The first-order chi connectivity index (χ1) is 20.8. The summed E-state index contributed by atoms with van der Waals surface area (Å²) in [6.45, 7) is 18.9. The number of ketones is 1. The van der Waals surface area contributed by atoms with Crippen LogP contribution >= 0.6 is 0 Å². The molecule has 4 aliphatic rings. The molecule has 45 heavy (non-hydrogen) atoms. The van der Waals surface area contributed by atoms with E-state index in [1.807, 2.05) is 20.8 Å². The molecule has 9 unspecified atom stereocenters. The van der Waals surface area contributed by atoms with Crippen LogP contribution in [-0.2, 0) is 28.6 Å². The van der Waals surface area contributed by atoms with E-state index in [0.29, 0.717) is 25.7 Å². The third-order valence-electron chi connectivity index (χ3n) is 11.8. The summed E-state index contributed by atoms with van der Waals surface area (Å²) in [6.07, 6.45) is 1.36. The summed E-state index contributed by atoms with van der Waals surface area (Å²) in [5.41, 5.74) is -4.41. The highest BCUT2D eigenvalue weighted by atomic mass is 16.6. The maximum atomic E-state index is 13.8. The molecule has 1 saturated heterocycles. The first-order valence-electron chi connectivity index (χ1n) is 16.4. The van der Waals surface area contributed by atoms with Gasteiger partial charge in [-0.3, -0.25) is 19.3 Å².